The van der Waals surface area contributed by atoms with Crippen LogP contribution in [0.4, 0.5) is 17.1 Å². The molecule has 0 radical (unpaired) electrons. The molecule has 1 aliphatic rings. The second-order valence-corrected chi connectivity index (χ2v) is 12.5. The van der Waals surface area contributed by atoms with Crippen LogP contribution in [-0.4, -0.2) is 58.1 Å². The minimum Gasteiger partial charge on any atom is -0.369 e. The van der Waals surface area contributed by atoms with E-state index >= 15 is 0 Å². The van der Waals surface area contributed by atoms with Crippen molar-refractivity contribution in [3.05, 3.63) is 81.8 Å². The van der Waals surface area contributed by atoms with Gasteiger partial charge in [-0.05, 0) is 61.5 Å². The quantitative estimate of drug-likeness (QED) is 0.349. The van der Waals surface area contributed by atoms with Gasteiger partial charge in [0.25, 0.3) is 5.91 Å². The van der Waals surface area contributed by atoms with Crippen LogP contribution in [0, 0.1) is 6.92 Å². The van der Waals surface area contributed by atoms with Gasteiger partial charge >= 0.3 is 0 Å². The summed E-state index contributed by atoms with van der Waals surface area (Å²) < 4.78 is 28.6. The first-order valence-electron chi connectivity index (χ1n) is 12.6. The van der Waals surface area contributed by atoms with E-state index < -0.39 is 22.0 Å². The number of carbonyl (C=O) groups excluding carboxylic acids is 1. The molecule has 39 heavy (non-hydrogen) atoms. The Bertz CT molecular complexity index is 1330. The first-order chi connectivity index (χ1) is 18.6. The number of hydrogen-bond donors (Lipinski definition) is 1. The number of rotatable bonds is 7. The van der Waals surface area contributed by atoms with Crippen LogP contribution in [-0.2, 0) is 22.0 Å². The standard InChI is InChI=1S/C26H28Cl2N4O3S2.C2H6/c1-18-4-9-25(30(2)36(3)34)24(14-18)26(33)29-21-5-7-23(8-6-21)37(35)32-12-10-31(11-13-32)22-16-19(27)15-20(28)17-22;1-2/h4-9,14-17H,10-13H2,1-3H3,(H,29,33);1-2H3. The first-order valence-corrected chi connectivity index (χ1v) is 16.0. The molecule has 0 saturated carbocycles. The van der Waals surface area contributed by atoms with Crippen molar-refractivity contribution in [2.45, 2.75) is 25.7 Å². The third kappa shape index (κ3) is 8.05. The van der Waals surface area contributed by atoms with E-state index in [2.05, 4.69) is 10.2 Å². The average Bonchev–Trinajstić information content (AvgIpc) is 2.93. The Labute approximate surface area is 246 Å². The second-order valence-electron chi connectivity index (χ2n) is 8.71. The van der Waals surface area contributed by atoms with Gasteiger partial charge in [0.2, 0.25) is 0 Å². The van der Waals surface area contributed by atoms with Crippen LogP contribution in [0.25, 0.3) is 0 Å². The maximum absolute atomic E-state index is 13.2. The summed E-state index contributed by atoms with van der Waals surface area (Å²) in [5, 5.41) is 4.07. The minimum absolute atomic E-state index is 0.304. The molecule has 1 fully saturated rings. The van der Waals surface area contributed by atoms with Crippen LogP contribution in [0.15, 0.2) is 65.6 Å². The number of hydrogen-bond acceptors (Lipinski definition) is 4. The highest BCUT2D eigenvalue weighted by Crippen LogP contribution is 2.27. The zero-order valence-electron chi connectivity index (χ0n) is 22.7. The third-order valence-corrected chi connectivity index (χ3v) is 9.04. The smallest absolute Gasteiger partial charge is 0.257 e. The summed E-state index contributed by atoms with van der Waals surface area (Å²) in [7, 11) is -0.905. The van der Waals surface area contributed by atoms with Crippen LogP contribution >= 0.6 is 23.2 Å². The van der Waals surface area contributed by atoms with E-state index in [1.54, 1.807) is 60.1 Å². The van der Waals surface area contributed by atoms with Gasteiger partial charge in [0, 0.05) is 60.9 Å². The molecule has 0 aromatic heterocycles. The van der Waals surface area contributed by atoms with E-state index in [1.807, 2.05) is 43.3 Å². The number of benzene rings is 3. The molecule has 0 aliphatic carbocycles. The Hall–Kier alpha value is -2.43. The first kappa shape index (κ1) is 31.1. The molecular weight excluding hydrogens is 575 g/mol. The van der Waals surface area contributed by atoms with Gasteiger partial charge in [-0.25, -0.2) is 12.7 Å². The summed E-state index contributed by atoms with van der Waals surface area (Å²) in [6.45, 7) is 8.55. The monoisotopic (exact) mass is 608 g/mol. The molecule has 1 heterocycles. The normalized spacial score (nSPS) is 15.1. The van der Waals surface area contributed by atoms with E-state index in [0.29, 0.717) is 58.1 Å². The van der Waals surface area contributed by atoms with Crippen molar-refractivity contribution in [3.8, 4) is 0 Å². The SMILES string of the molecule is CC.Cc1ccc(N(C)S(C)=O)c(C(=O)Nc2ccc(S(=O)N3CCN(c4cc(Cl)cc(Cl)c4)CC3)cc2)c1. The minimum atomic E-state index is -1.32. The van der Waals surface area contributed by atoms with Gasteiger partial charge < -0.3 is 10.2 Å². The number of amides is 1. The summed E-state index contributed by atoms with van der Waals surface area (Å²) in [5.74, 6) is -0.304. The van der Waals surface area contributed by atoms with E-state index in [0.717, 1.165) is 11.3 Å². The zero-order valence-corrected chi connectivity index (χ0v) is 25.9. The number of aryl methyl sites for hydroxylation is 1. The summed E-state index contributed by atoms with van der Waals surface area (Å²) in [5.41, 5.74) is 3.48. The Balaban J connectivity index is 0.00000205. The number of carbonyl (C=O) groups is 1. The molecule has 1 saturated heterocycles. The molecule has 1 N–H and O–H groups in total. The van der Waals surface area contributed by atoms with Gasteiger partial charge in [0.1, 0.15) is 22.0 Å². The molecule has 0 bridgehead atoms. The molecule has 4 rings (SSSR count). The molecule has 1 amide bonds. The molecular formula is C28H34Cl2N4O3S2. The Morgan fingerprint density at radius 1 is 0.897 bits per heavy atom. The average molecular weight is 610 g/mol. The fourth-order valence-corrected chi connectivity index (χ4v) is 6.19. The lowest BCUT2D eigenvalue weighted by molar-refractivity contribution is 0.102. The number of nitrogens with one attached hydrogen (secondary N) is 1. The largest absolute Gasteiger partial charge is 0.369 e. The summed E-state index contributed by atoms with van der Waals surface area (Å²) >= 11 is 12.3. The van der Waals surface area contributed by atoms with Gasteiger partial charge in [-0.15, -0.1) is 0 Å². The van der Waals surface area contributed by atoms with Crippen molar-refractivity contribution in [2.75, 3.05) is 54.0 Å². The zero-order chi connectivity index (χ0) is 28.7. The van der Waals surface area contributed by atoms with Gasteiger partial charge in [-0.3, -0.25) is 9.10 Å². The fourth-order valence-electron chi connectivity index (χ4n) is 4.08. The van der Waals surface area contributed by atoms with Crippen LogP contribution in [0.2, 0.25) is 10.0 Å². The predicted octanol–water partition coefficient (Wildman–Crippen LogP) is 6.15. The van der Waals surface area contributed by atoms with Crippen LogP contribution in [0.3, 0.4) is 0 Å². The van der Waals surface area contributed by atoms with Crippen LogP contribution < -0.4 is 14.5 Å². The van der Waals surface area contributed by atoms with Gasteiger partial charge in [0.05, 0.1) is 16.1 Å². The van der Waals surface area contributed by atoms with Crippen molar-refractivity contribution in [1.29, 1.82) is 0 Å². The Morgan fingerprint density at radius 3 is 2.05 bits per heavy atom. The molecule has 2 unspecified atom stereocenters. The molecule has 2 atom stereocenters. The van der Waals surface area contributed by atoms with E-state index in [9.17, 15) is 13.2 Å². The highest BCUT2D eigenvalue weighted by Gasteiger charge is 2.23. The fraction of sp³-hybridized carbons (Fsp3) is 0.321. The van der Waals surface area contributed by atoms with Crippen molar-refractivity contribution in [3.63, 3.8) is 0 Å². The van der Waals surface area contributed by atoms with Crippen LogP contribution in [0.1, 0.15) is 29.8 Å². The number of piperazine rings is 1. The maximum Gasteiger partial charge on any atom is 0.257 e. The summed E-state index contributed by atoms with van der Waals surface area (Å²) in [6.07, 6.45) is 1.56. The lowest BCUT2D eigenvalue weighted by Crippen LogP contribution is -2.46. The topological polar surface area (TPSA) is 73.0 Å². The number of anilines is 3. The molecule has 7 nitrogen and oxygen atoms in total. The lowest BCUT2D eigenvalue weighted by atomic mass is 10.1. The summed E-state index contributed by atoms with van der Waals surface area (Å²) in [6, 6.07) is 17.9. The molecule has 0 spiro atoms. The summed E-state index contributed by atoms with van der Waals surface area (Å²) in [4.78, 5) is 15.9. The van der Waals surface area contributed by atoms with E-state index in [4.69, 9.17) is 23.2 Å². The second kappa shape index (κ2) is 14.3. The van der Waals surface area contributed by atoms with Gasteiger partial charge in [0.15, 0.2) is 0 Å². The maximum atomic E-state index is 13.2. The van der Waals surface area contributed by atoms with E-state index in [-0.39, 0.29) is 5.91 Å². The van der Waals surface area contributed by atoms with Gasteiger partial charge in [-0.2, -0.15) is 0 Å². The molecule has 210 valence electrons. The van der Waals surface area contributed by atoms with E-state index in [1.165, 1.54) is 0 Å². The third-order valence-electron chi connectivity index (χ3n) is 6.12. The molecule has 11 heteroatoms. The predicted molar refractivity (Wildman–Crippen MR) is 166 cm³/mol. The van der Waals surface area contributed by atoms with Crippen LogP contribution in [0.5, 0.6) is 0 Å². The molecule has 3 aromatic carbocycles. The van der Waals surface area contributed by atoms with Crippen molar-refractivity contribution in [2.24, 2.45) is 0 Å². The number of halogens is 2. The Morgan fingerprint density at radius 2 is 1.49 bits per heavy atom. The van der Waals surface area contributed by atoms with Crippen molar-refractivity contribution in [1.82, 2.24) is 4.31 Å². The lowest BCUT2D eigenvalue weighted by Gasteiger charge is -2.35. The Kier molecular flexibility index (Phi) is 11.4. The molecule has 3 aromatic rings. The highest BCUT2D eigenvalue weighted by atomic mass is 35.5. The molecule has 1 aliphatic heterocycles. The highest BCUT2D eigenvalue weighted by molar-refractivity contribution is 7.85. The van der Waals surface area contributed by atoms with Gasteiger partial charge in [-0.1, -0.05) is 48.7 Å². The number of nitrogens with zero attached hydrogens (tertiary/aromatic N) is 3. The van der Waals surface area contributed by atoms with Crippen molar-refractivity contribution >= 4 is 68.1 Å². The van der Waals surface area contributed by atoms with Crippen molar-refractivity contribution < 1.29 is 13.2 Å².